The molecule has 0 aliphatic rings. The average molecular weight is 344 g/mol. The molecule has 0 heterocycles. The van der Waals surface area contributed by atoms with Crippen molar-refractivity contribution >= 4 is 0 Å². The van der Waals surface area contributed by atoms with Crippen LogP contribution in [0.25, 0.3) is 0 Å². The van der Waals surface area contributed by atoms with E-state index in [-0.39, 0.29) is 21.7 Å². The molecule has 132 valence electrons. The van der Waals surface area contributed by atoms with Gasteiger partial charge in [-0.2, -0.15) is 0 Å². The third kappa shape index (κ3) is 96.7. The normalized spacial score (nSPS) is 9.14. The summed E-state index contributed by atoms with van der Waals surface area (Å²) in [5.74, 6) is 1.76. The summed E-state index contributed by atoms with van der Waals surface area (Å²) in [4.78, 5) is 0. The van der Waals surface area contributed by atoms with Crippen LogP contribution in [0.3, 0.4) is 0 Å². The fourth-order valence-electron chi connectivity index (χ4n) is 0. The molecule has 4 nitrogen and oxygen atoms in total. The Balaban J connectivity index is -0.0000000533. The predicted molar refractivity (Wildman–Crippen MR) is 87.7 cm³/mol. The molecule has 0 saturated carbocycles. The van der Waals surface area contributed by atoms with Crippen molar-refractivity contribution in [2.75, 3.05) is 26.4 Å². The van der Waals surface area contributed by atoms with Crippen LogP contribution < -0.4 is 0 Å². The van der Waals surface area contributed by atoms with Crippen LogP contribution in [0.2, 0.25) is 0 Å². The van der Waals surface area contributed by atoms with Crippen molar-refractivity contribution in [1.29, 1.82) is 0 Å². The summed E-state index contributed by atoms with van der Waals surface area (Å²) in [7, 11) is 0. The molecule has 4 N–H and O–H groups in total. The van der Waals surface area contributed by atoms with Crippen molar-refractivity contribution in [2.24, 2.45) is 23.7 Å². The van der Waals surface area contributed by atoms with Crippen LogP contribution >= 0.6 is 0 Å². The molecule has 0 bridgehead atoms. The molecule has 0 spiro atoms. The molecular formula is C16H40O4Ti. The Kier molecular flexibility index (Phi) is 45.4. The summed E-state index contributed by atoms with van der Waals surface area (Å²) >= 11 is 0. The van der Waals surface area contributed by atoms with E-state index in [0.29, 0.717) is 50.1 Å². The Bertz CT molecular complexity index is 108. The first kappa shape index (κ1) is 33.2. The van der Waals surface area contributed by atoms with Crippen molar-refractivity contribution in [3.63, 3.8) is 0 Å². The van der Waals surface area contributed by atoms with Gasteiger partial charge in [-0.3, -0.25) is 0 Å². The standard InChI is InChI=1S/4C4H10O.Ti/c4*1-4(2)3-5;/h4*4-5H,3H2,1-2H3;. The molecule has 5 heteroatoms. The third-order valence-corrected chi connectivity index (χ3v) is 1.46. The Morgan fingerprint density at radius 2 is 0.476 bits per heavy atom. The van der Waals surface area contributed by atoms with Gasteiger partial charge in [0.1, 0.15) is 0 Å². The van der Waals surface area contributed by atoms with E-state index in [9.17, 15) is 0 Å². The molecule has 0 rings (SSSR count). The van der Waals surface area contributed by atoms with Crippen LogP contribution in [-0.4, -0.2) is 46.9 Å². The first-order valence-electron chi connectivity index (χ1n) is 7.52. The first-order chi connectivity index (χ1) is 9.08. The van der Waals surface area contributed by atoms with Crippen molar-refractivity contribution in [3.05, 3.63) is 0 Å². The smallest absolute Gasteiger partial charge is 0.0453 e. The van der Waals surface area contributed by atoms with Crippen molar-refractivity contribution in [3.8, 4) is 0 Å². The van der Waals surface area contributed by atoms with Crippen LogP contribution in [0.4, 0.5) is 0 Å². The van der Waals surface area contributed by atoms with Gasteiger partial charge in [-0.25, -0.2) is 0 Å². The summed E-state index contributed by atoms with van der Waals surface area (Å²) in [6.07, 6.45) is 0. The van der Waals surface area contributed by atoms with Gasteiger partial charge in [-0.05, 0) is 23.7 Å². The van der Waals surface area contributed by atoms with Gasteiger partial charge >= 0.3 is 0 Å². The summed E-state index contributed by atoms with van der Waals surface area (Å²) in [6, 6.07) is 0. The van der Waals surface area contributed by atoms with Crippen molar-refractivity contribution in [2.45, 2.75) is 55.4 Å². The summed E-state index contributed by atoms with van der Waals surface area (Å²) in [5, 5.41) is 32.6. The van der Waals surface area contributed by atoms with E-state index in [1.807, 2.05) is 55.4 Å². The number of rotatable bonds is 4. The van der Waals surface area contributed by atoms with E-state index in [1.54, 1.807) is 0 Å². The van der Waals surface area contributed by atoms with Gasteiger partial charge in [0.25, 0.3) is 0 Å². The van der Waals surface area contributed by atoms with Crippen LogP contribution in [0, 0.1) is 23.7 Å². The quantitative estimate of drug-likeness (QED) is 0.591. The van der Waals surface area contributed by atoms with Crippen LogP contribution in [0.1, 0.15) is 55.4 Å². The predicted octanol–water partition coefficient (Wildman–Crippen LogP) is 2.54. The van der Waals surface area contributed by atoms with Crippen LogP contribution in [0.5, 0.6) is 0 Å². The minimum absolute atomic E-state index is 0. The molecule has 0 amide bonds. The summed E-state index contributed by atoms with van der Waals surface area (Å²) in [6.45, 7) is 17.0. The zero-order valence-electron chi connectivity index (χ0n) is 15.4. The Hall–Kier alpha value is 0.554. The van der Waals surface area contributed by atoms with Gasteiger partial charge in [-0.1, -0.05) is 55.4 Å². The molecular weight excluding hydrogens is 304 g/mol. The molecule has 0 atom stereocenters. The van der Waals surface area contributed by atoms with Crippen LogP contribution in [0.15, 0.2) is 0 Å². The second kappa shape index (κ2) is 28.7. The molecule has 0 radical (unpaired) electrons. The second-order valence-corrected chi connectivity index (χ2v) is 6.31. The van der Waals surface area contributed by atoms with E-state index in [2.05, 4.69) is 0 Å². The van der Waals surface area contributed by atoms with Gasteiger partial charge < -0.3 is 20.4 Å². The van der Waals surface area contributed by atoms with E-state index >= 15 is 0 Å². The van der Waals surface area contributed by atoms with Gasteiger partial charge in [0.15, 0.2) is 0 Å². The van der Waals surface area contributed by atoms with Gasteiger partial charge in [-0.15, -0.1) is 0 Å². The maximum absolute atomic E-state index is 8.14. The SMILES string of the molecule is CC(C)CO.CC(C)CO.CC(C)CO.CC(C)CO.[Ti]. The third-order valence-electron chi connectivity index (χ3n) is 1.46. The zero-order valence-corrected chi connectivity index (χ0v) is 17.0. The summed E-state index contributed by atoms with van der Waals surface area (Å²) < 4.78 is 0. The zero-order chi connectivity index (χ0) is 17.1. The number of hydrogen-bond donors (Lipinski definition) is 4. The topological polar surface area (TPSA) is 80.9 Å². The van der Waals surface area contributed by atoms with E-state index in [4.69, 9.17) is 20.4 Å². The van der Waals surface area contributed by atoms with Gasteiger partial charge in [0, 0.05) is 48.1 Å². The number of hydrogen-bond acceptors (Lipinski definition) is 4. The molecule has 21 heavy (non-hydrogen) atoms. The minimum atomic E-state index is 0. The molecule has 0 aliphatic carbocycles. The van der Waals surface area contributed by atoms with Crippen molar-refractivity contribution < 1.29 is 42.1 Å². The van der Waals surface area contributed by atoms with Crippen molar-refractivity contribution in [1.82, 2.24) is 0 Å². The first-order valence-corrected chi connectivity index (χ1v) is 7.52. The maximum Gasteiger partial charge on any atom is 0.0453 e. The molecule has 0 aromatic carbocycles. The fourth-order valence-corrected chi connectivity index (χ4v) is 0. The van der Waals surface area contributed by atoms with E-state index in [1.165, 1.54) is 0 Å². The molecule has 0 fully saturated rings. The number of aliphatic hydroxyl groups excluding tert-OH is 4. The summed E-state index contributed by atoms with van der Waals surface area (Å²) in [5.41, 5.74) is 0. The fraction of sp³-hybridized carbons (Fsp3) is 1.00. The molecule has 0 aromatic rings. The van der Waals surface area contributed by atoms with E-state index < -0.39 is 0 Å². The van der Waals surface area contributed by atoms with E-state index in [0.717, 1.165) is 0 Å². The Morgan fingerprint density at radius 1 is 0.429 bits per heavy atom. The largest absolute Gasteiger partial charge is 0.396 e. The average Bonchev–Trinajstić information content (AvgIpc) is 2.40. The molecule has 0 unspecified atom stereocenters. The van der Waals surface area contributed by atoms with Gasteiger partial charge in [0.2, 0.25) is 0 Å². The maximum atomic E-state index is 8.14. The minimum Gasteiger partial charge on any atom is -0.396 e. The Morgan fingerprint density at radius 3 is 0.476 bits per heavy atom. The second-order valence-electron chi connectivity index (χ2n) is 6.31. The molecule has 0 aromatic heterocycles. The molecule has 0 aliphatic heterocycles. The molecule has 0 saturated heterocycles. The monoisotopic (exact) mass is 344 g/mol. The Labute approximate surface area is 147 Å². The van der Waals surface area contributed by atoms with Gasteiger partial charge in [0.05, 0.1) is 0 Å². The number of aliphatic hydroxyl groups is 4. The van der Waals surface area contributed by atoms with Crippen LogP contribution in [-0.2, 0) is 21.7 Å².